The molecule has 4 rings (SSSR count). The average Bonchev–Trinajstić information content (AvgIpc) is 3.36. The zero-order valence-electron chi connectivity index (χ0n) is 32.4. The van der Waals surface area contributed by atoms with Crippen LogP contribution in [0.4, 0.5) is 4.79 Å². The van der Waals surface area contributed by atoms with E-state index in [1.54, 1.807) is 32.6 Å². The van der Waals surface area contributed by atoms with E-state index >= 15 is 0 Å². The summed E-state index contributed by atoms with van der Waals surface area (Å²) >= 11 is 0. The van der Waals surface area contributed by atoms with Crippen LogP contribution in [0.5, 0.6) is 0 Å². The second-order valence-corrected chi connectivity index (χ2v) is 20.5. The number of fused-ring (bicyclic) bond motifs is 1. The number of likely N-dealkylation sites (N-methyl/N-ethyl adjacent to an activating group) is 1. The summed E-state index contributed by atoms with van der Waals surface area (Å²) < 4.78 is 25.9. The van der Waals surface area contributed by atoms with Crippen LogP contribution < -0.4 is 21.3 Å². The van der Waals surface area contributed by atoms with Gasteiger partial charge in [0.25, 0.3) is 5.91 Å². The van der Waals surface area contributed by atoms with Crippen molar-refractivity contribution in [3.05, 3.63) is 0 Å². The Labute approximate surface area is 306 Å². The van der Waals surface area contributed by atoms with Gasteiger partial charge in [-0.05, 0) is 82.5 Å². The van der Waals surface area contributed by atoms with E-state index < -0.39 is 67.3 Å². The van der Waals surface area contributed by atoms with Gasteiger partial charge in [0.1, 0.15) is 12.1 Å². The molecule has 0 spiro atoms. The summed E-state index contributed by atoms with van der Waals surface area (Å²) in [7, 11) is -3.56. The first-order valence-electron chi connectivity index (χ1n) is 19.5. The predicted octanol–water partition coefficient (Wildman–Crippen LogP) is 4.40. The summed E-state index contributed by atoms with van der Waals surface area (Å²) in [5, 5.41) is 11.6. The van der Waals surface area contributed by atoms with Gasteiger partial charge in [0.15, 0.2) is 9.84 Å². The Bertz CT molecular complexity index is 1430. The van der Waals surface area contributed by atoms with Crippen LogP contribution >= 0.6 is 0 Å². The topological polar surface area (TPSA) is 171 Å². The van der Waals surface area contributed by atoms with Crippen molar-refractivity contribution < 1.29 is 32.4 Å². The van der Waals surface area contributed by atoms with Crippen LogP contribution in [0.2, 0.25) is 0 Å². The minimum atomic E-state index is -3.56. The lowest BCUT2D eigenvalue weighted by molar-refractivity contribution is -0.146. The maximum absolute atomic E-state index is 14.9. The molecule has 1 aliphatic heterocycles. The third kappa shape index (κ3) is 8.92. The normalized spacial score (nSPS) is 26.2. The van der Waals surface area contributed by atoms with Crippen LogP contribution in [-0.4, -0.2) is 90.1 Å². The number of carbonyl (C=O) groups is 5. The highest BCUT2D eigenvalue weighted by Crippen LogP contribution is 2.65. The van der Waals surface area contributed by atoms with Crippen molar-refractivity contribution >= 4 is 39.4 Å². The lowest BCUT2D eigenvalue weighted by Gasteiger charge is -2.44. The van der Waals surface area contributed by atoms with Gasteiger partial charge in [0, 0.05) is 13.1 Å². The summed E-state index contributed by atoms with van der Waals surface area (Å²) in [6.07, 6.45) is 9.62. The zero-order chi connectivity index (χ0) is 38.0. The van der Waals surface area contributed by atoms with E-state index in [2.05, 4.69) is 35.1 Å². The number of ketones is 1. The number of amides is 5. The van der Waals surface area contributed by atoms with Gasteiger partial charge >= 0.3 is 6.03 Å². The molecule has 13 heteroatoms. The Morgan fingerprint density at radius 3 is 2.00 bits per heavy atom. The van der Waals surface area contributed by atoms with Crippen molar-refractivity contribution in [1.29, 1.82) is 0 Å². The highest BCUT2D eigenvalue weighted by atomic mass is 32.2. The fourth-order valence-electron chi connectivity index (χ4n) is 9.02. The Morgan fingerprint density at radius 2 is 1.45 bits per heavy atom. The van der Waals surface area contributed by atoms with Crippen LogP contribution in [0.3, 0.4) is 0 Å². The Hall–Kier alpha value is -2.70. The van der Waals surface area contributed by atoms with Gasteiger partial charge in [-0.25, -0.2) is 13.2 Å². The van der Waals surface area contributed by atoms with Gasteiger partial charge in [-0.1, -0.05) is 79.1 Å². The molecule has 0 unspecified atom stereocenters. The lowest BCUT2D eigenvalue weighted by Crippen LogP contribution is -2.65. The van der Waals surface area contributed by atoms with E-state index in [0.29, 0.717) is 32.2 Å². The van der Waals surface area contributed by atoms with Gasteiger partial charge in [-0.2, -0.15) is 0 Å². The average molecular weight is 736 g/mol. The maximum atomic E-state index is 14.9. The standard InChI is InChI=1S/C38H65N5O7S/c1-9-11-18-26(29(44)32(46)39-10-2)40-31(45)28-27-25(36(27,6)7)23-43(28)33(47)30(37(8)19-14-12-15-20-37)41-34(48)42-38(21-16-13-17-22-38)24-51(49,50)35(3,4)5/h25-28,30H,9-24H2,1-8H3,(H,39,46)(H,40,45)(H2,41,42,48)/t25-,26-,27-,28-,30+/m0/s1. The van der Waals surface area contributed by atoms with Crippen LogP contribution in [0, 0.1) is 22.7 Å². The molecular weight excluding hydrogens is 671 g/mol. The molecule has 4 N–H and O–H groups in total. The van der Waals surface area contributed by atoms with Gasteiger partial charge < -0.3 is 26.2 Å². The smallest absolute Gasteiger partial charge is 0.315 e. The molecule has 1 heterocycles. The summed E-state index contributed by atoms with van der Waals surface area (Å²) in [5.41, 5.74) is -1.71. The van der Waals surface area contributed by atoms with E-state index in [1.165, 1.54) is 0 Å². The molecule has 1 saturated heterocycles. The molecule has 12 nitrogen and oxygen atoms in total. The molecule has 5 atom stereocenters. The number of hydrogen-bond donors (Lipinski definition) is 4. The van der Waals surface area contributed by atoms with E-state index in [1.807, 2.05) is 13.8 Å². The van der Waals surface area contributed by atoms with Crippen LogP contribution in [0.1, 0.15) is 139 Å². The number of likely N-dealkylation sites (tertiary alicyclic amines) is 1. The van der Waals surface area contributed by atoms with Crippen molar-refractivity contribution in [2.45, 2.75) is 167 Å². The third-order valence-corrected chi connectivity index (χ3v) is 15.4. The first-order chi connectivity index (χ1) is 23.7. The van der Waals surface area contributed by atoms with Gasteiger partial charge in [-0.15, -0.1) is 0 Å². The summed E-state index contributed by atoms with van der Waals surface area (Å²) in [6.45, 7) is 15.5. The number of hydrogen-bond acceptors (Lipinski definition) is 7. The summed E-state index contributed by atoms with van der Waals surface area (Å²) in [5.74, 6) is -2.45. The lowest BCUT2D eigenvalue weighted by atomic mass is 9.70. The number of rotatable bonds is 14. The van der Waals surface area contributed by atoms with E-state index in [9.17, 15) is 32.4 Å². The fraction of sp³-hybridized carbons (Fsp3) is 0.868. The summed E-state index contributed by atoms with van der Waals surface area (Å²) in [6, 6.07) is -3.37. The van der Waals surface area contributed by atoms with Gasteiger partial charge in [0.05, 0.1) is 22.1 Å². The molecule has 51 heavy (non-hydrogen) atoms. The number of sulfone groups is 1. The predicted molar refractivity (Wildman–Crippen MR) is 197 cm³/mol. The number of carbonyl (C=O) groups excluding carboxylic acids is 5. The van der Waals surface area contributed by atoms with E-state index in [0.717, 1.165) is 57.8 Å². The molecule has 4 fully saturated rings. The van der Waals surface area contributed by atoms with Crippen LogP contribution in [-0.2, 0) is 29.0 Å². The van der Waals surface area contributed by atoms with E-state index in [-0.39, 0.29) is 35.5 Å². The molecule has 290 valence electrons. The first kappa shape index (κ1) is 41.1. The highest BCUT2D eigenvalue weighted by molar-refractivity contribution is 7.92. The highest BCUT2D eigenvalue weighted by Gasteiger charge is 2.70. The molecule has 0 aromatic carbocycles. The zero-order valence-corrected chi connectivity index (χ0v) is 33.2. The van der Waals surface area contributed by atoms with Crippen molar-refractivity contribution in [2.75, 3.05) is 18.8 Å². The van der Waals surface area contributed by atoms with E-state index in [4.69, 9.17) is 0 Å². The minimum Gasteiger partial charge on any atom is -0.350 e. The Morgan fingerprint density at radius 1 is 0.863 bits per heavy atom. The number of unbranched alkanes of at least 4 members (excludes halogenated alkanes) is 1. The molecule has 0 aromatic rings. The van der Waals surface area contributed by atoms with Crippen molar-refractivity contribution in [1.82, 2.24) is 26.2 Å². The molecule has 3 saturated carbocycles. The molecule has 0 aromatic heterocycles. The fourth-order valence-corrected chi connectivity index (χ4v) is 10.5. The largest absolute Gasteiger partial charge is 0.350 e. The first-order valence-corrected chi connectivity index (χ1v) is 21.1. The van der Waals surface area contributed by atoms with Gasteiger partial charge in [-0.3, -0.25) is 19.2 Å². The maximum Gasteiger partial charge on any atom is 0.315 e. The number of nitrogens with one attached hydrogen (secondary N) is 4. The molecular formula is C38H65N5O7S. The molecule has 5 amide bonds. The molecule has 4 aliphatic rings. The number of nitrogens with zero attached hydrogens (tertiary/aromatic N) is 1. The number of Topliss-reactive ketones (excluding diaryl/α,β-unsaturated/α-hetero) is 1. The number of urea groups is 1. The van der Waals surface area contributed by atoms with Crippen LogP contribution in [0.25, 0.3) is 0 Å². The molecule has 0 bridgehead atoms. The monoisotopic (exact) mass is 735 g/mol. The Kier molecular flexibility index (Phi) is 12.7. The summed E-state index contributed by atoms with van der Waals surface area (Å²) in [4.78, 5) is 70.4. The quantitative estimate of drug-likeness (QED) is 0.192. The van der Waals surface area contributed by atoms with Crippen molar-refractivity contribution in [3.8, 4) is 0 Å². The minimum absolute atomic E-state index is 0.0761. The van der Waals surface area contributed by atoms with Gasteiger partial charge in [0.2, 0.25) is 17.6 Å². The Balaban J connectivity index is 1.62. The van der Waals surface area contributed by atoms with Crippen molar-refractivity contribution in [3.63, 3.8) is 0 Å². The third-order valence-electron chi connectivity index (χ3n) is 12.6. The van der Waals surface area contributed by atoms with Crippen molar-refractivity contribution in [2.24, 2.45) is 22.7 Å². The molecule has 3 aliphatic carbocycles. The SMILES string of the molecule is CCCC[C@H](NC(=O)[C@@H]1[C@@H]2[C@H](CN1C(=O)[C@@H](NC(=O)NC1(CS(=O)(=O)C(C)(C)C)CCCCC1)C1(C)CCCCC1)C2(C)C)C(=O)C(=O)NCC. The molecule has 0 radical (unpaired) electrons. The second-order valence-electron chi connectivity index (χ2n) is 17.8. The van der Waals surface area contributed by atoms with Crippen LogP contribution in [0.15, 0.2) is 0 Å². The second kappa shape index (κ2) is 15.7. The number of piperidine rings is 1.